The van der Waals surface area contributed by atoms with Crippen molar-refractivity contribution < 1.29 is 4.74 Å². The number of nitrogens with one attached hydrogen (secondary N) is 2. The summed E-state index contributed by atoms with van der Waals surface area (Å²) >= 11 is 0. The lowest BCUT2D eigenvalue weighted by atomic mass is 10.2. The number of rotatable bonds is 1. The highest BCUT2D eigenvalue weighted by Gasteiger charge is 2.20. The number of ether oxygens (including phenoxy) is 1. The summed E-state index contributed by atoms with van der Waals surface area (Å²) in [5, 5.41) is 15.1. The number of fused-ring (bicyclic) bond motifs is 2. The zero-order chi connectivity index (χ0) is 13.4. The van der Waals surface area contributed by atoms with E-state index in [4.69, 9.17) is 4.74 Å². The topological polar surface area (TPSA) is 62.3 Å². The fourth-order valence-corrected chi connectivity index (χ4v) is 2.49. The fraction of sp³-hybridized carbons (Fsp3) is 0.286. The van der Waals surface area contributed by atoms with E-state index in [0.29, 0.717) is 5.88 Å². The Morgan fingerprint density at radius 3 is 2.80 bits per heavy atom. The van der Waals surface area contributed by atoms with Gasteiger partial charge in [-0.05, 0) is 12.1 Å². The van der Waals surface area contributed by atoms with Crippen LogP contribution in [-0.4, -0.2) is 36.4 Å². The molecule has 6 nitrogen and oxygen atoms in total. The average Bonchev–Trinajstić information content (AvgIpc) is 2.53. The summed E-state index contributed by atoms with van der Waals surface area (Å²) in [5.74, 6) is 2.20. The largest absolute Gasteiger partial charge is 0.434 e. The number of hydrogen-bond donors (Lipinski definition) is 2. The van der Waals surface area contributed by atoms with Gasteiger partial charge in [0.25, 0.3) is 5.88 Å². The summed E-state index contributed by atoms with van der Waals surface area (Å²) in [7, 11) is 0. The number of benzene rings is 1. The Labute approximate surface area is 116 Å². The van der Waals surface area contributed by atoms with Gasteiger partial charge < -0.3 is 20.3 Å². The number of hydrogen-bond acceptors (Lipinski definition) is 6. The molecule has 0 aliphatic carbocycles. The fourth-order valence-electron chi connectivity index (χ4n) is 2.49. The van der Waals surface area contributed by atoms with Crippen LogP contribution < -0.4 is 20.3 Å². The molecule has 102 valence electrons. The van der Waals surface area contributed by atoms with E-state index in [-0.39, 0.29) is 0 Å². The second-order valence-corrected chi connectivity index (χ2v) is 4.88. The molecular weight excluding hydrogens is 254 g/mol. The van der Waals surface area contributed by atoms with Crippen LogP contribution in [0.2, 0.25) is 0 Å². The van der Waals surface area contributed by atoms with Gasteiger partial charge in [0, 0.05) is 32.2 Å². The molecule has 0 atom stereocenters. The summed E-state index contributed by atoms with van der Waals surface area (Å²) in [5.41, 5.74) is 1.83. The molecular formula is C14H15N5O. The minimum Gasteiger partial charge on any atom is -0.434 e. The summed E-state index contributed by atoms with van der Waals surface area (Å²) in [6.45, 7) is 3.85. The molecule has 1 saturated heterocycles. The van der Waals surface area contributed by atoms with E-state index in [1.54, 1.807) is 0 Å². The van der Waals surface area contributed by atoms with Gasteiger partial charge in [-0.2, -0.15) is 0 Å². The second kappa shape index (κ2) is 4.64. The SMILES string of the molecule is c1ccc2c(c1)Nc1cc(N3CCNCC3)nnc1O2. The zero-order valence-corrected chi connectivity index (χ0v) is 11.0. The lowest BCUT2D eigenvalue weighted by molar-refractivity contribution is 0.453. The van der Waals surface area contributed by atoms with Crippen molar-refractivity contribution >= 4 is 17.2 Å². The third-order valence-corrected chi connectivity index (χ3v) is 3.55. The van der Waals surface area contributed by atoms with E-state index in [1.165, 1.54) is 0 Å². The third kappa shape index (κ3) is 1.94. The van der Waals surface area contributed by atoms with Crippen LogP contribution in [0.5, 0.6) is 11.6 Å². The molecule has 20 heavy (non-hydrogen) atoms. The number of aromatic nitrogens is 2. The predicted octanol–water partition coefficient (Wildman–Crippen LogP) is 1.74. The molecule has 4 rings (SSSR count). The van der Waals surface area contributed by atoms with Crippen LogP contribution in [0, 0.1) is 0 Å². The summed E-state index contributed by atoms with van der Waals surface area (Å²) in [6.07, 6.45) is 0. The van der Waals surface area contributed by atoms with Gasteiger partial charge in [-0.15, -0.1) is 10.2 Å². The Morgan fingerprint density at radius 2 is 1.90 bits per heavy atom. The molecule has 2 aliphatic rings. The van der Waals surface area contributed by atoms with Gasteiger partial charge in [0.2, 0.25) is 0 Å². The molecule has 0 unspecified atom stereocenters. The van der Waals surface area contributed by atoms with E-state index in [2.05, 4.69) is 25.7 Å². The second-order valence-electron chi connectivity index (χ2n) is 4.88. The molecule has 2 N–H and O–H groups in total. The van der Waals surface area contributed by atoms with Crippen molar-refractivity contribution in [3.05, 3.63) is 30.3 Å². The molecule has 2 aromatic rings. The molecule has 1 aromatic carbocycles. The predicted molar refractivity (Wildman–Crippen MR) is 76.9 cm³/mol. The van der Waals surface area contributed by atoms with Crippen molar-refractivity contribution in [2.75, 3.05) is 36.4 Å². The van der Waals surface area contributed by atoms with Crippen molar-refractivity contribution in [1.82, 2.24) is 15.5 Å². The monoisotopic (exact) mass is 269 g/mol. The molecule has 0 spiro atoms. The van der Waals surface area contributed by atoms with Gasteiger partial charge in [-0.1, -0.05) is 12.1 Å². The molecule has 1 aromatic heterocycles. The maximum atomic E-state index is 5.75. The Bertz CT molecular complexity index is 639. The van der Waals surface area contributed by atoms with Crippen molar-refractivity contribution in [1.29, 1.82) is 0 Å². The van der Waals surface area contributed by atoms with Crippen LogP contribution in [-0.2, 0) is 0 Å². The standard InChI is InChI=1S/C14H15N5O/c1-2-4-12-10(3-1)16-11-9-13(17-18-14(11)20-12)19-7-5-15-6-8-19/h1-4,9,15-16H,5-8H2. The lowest BCUT2D eigenvalue weighted by Crippen LogP contribution is -2.44. The van der Waals surface area contributed by atoms with Crippen molar-refractivity contribution in [2.24, 2.45) is 0 Å². The smallest absolute Gasteiger partial charge is 0.263 e. The molecule has 0 radical (unpaired) electrons. The van der Waals surface area contributed by atoms with Gasteiger partial charge in [-0.25, -0.2) is 0 Å². The van der Waals surface area contributed by atoms with Crippen LogP contribution in [0.25, 0.3) is 0 Å². The van der Waals surface area contributed by atoms with E-state index >= 15 is 0 Å². The van der Waals surface area contributed by atoms with Crippen molar-refractivity contribution in [2.45, 2.75) is 0 Å². The lowest BCUT2D eigenvalue weighted by Gasteiger charge is -2.29. The minimum absolute atomic E-state index is 0.530. The van der Waals surface area contributed by atoms with E-state index < -0.39 is 0 Å². The van der Waals surface area contributed by atoms with Gasteiger partial charge in [0.15, 0.2) is 11.6 Å². The summed E-state index contributed by atoms with van der Waals surface area (Å²) in [6, 6.07) is 9.82. The molecule has 6 heteroatoms. The quantitative estimate of drug-likeness (QED) is 0.701. The number of nitrogens with zero attached hydrogens (tertiary/aromatic N) is 3. The van der Waals surface area contributed by atoms with Gasteiger partial charge in [0.05, 0.1) is 5.69 Å². The molecule has 3 heterocycles. The van der Waals surface area contributed by atoms with E-state index in [9.17, 15) is 0 Å². The van der Waals surface area contributed by atoms with Crippen LogP contribution in [0.4, 0.5) is 17.2 Å². The maximum Gasteiger partial charge on any atom is 0.263 e. The minimum atomic E-state index is 0.530. The average molecular weight is 269 g/mol. The summed E-state index contributed by atoms with van der Waals surface area (Å²) in [4.78, 5) is 2.23. The van der Waals surface area contributed by atoms with Crippen molar-refractivity contribution in [3.8, 4) is 11.6 Å². The van der Waals surface area contributed by atoms with Crippen LogP contribution in [0.1, 0.15) is 0 Å². The third-order valence-electron chi connectivity index (χ3n) is 3.55. The molecule has 0 bridgehead atoms. The first kappa shape index (κ1) is 11.5. The number of para-hydroxylation sites is 2. The first-order valence-corrected chi connectivity index (χ1v) is 6.77. The summed E-state index contributed by atoms with van der Waals surface area (Å²) < 4.78 is 5.75. The van der Waals surface area contributed by atoms with Crippen LogP contribution in [0.15, 0.2) is 30.3 Å². The van der Waals surface area contributed by atoms with Crippen LogP contribution >= 0.6 is 0 Å². The highest BCUT2D eigenvalue weighted by molar-refractivity contribution is 5.75. The van der Waals surface area contributed by atoms with Gasteiger partial charge in [-0.3, -0.25) is 0 Å². The molecule has 0 amide bonds. The Hall–Kier alpha value is -2.34. The van der Waals surface area contributed by atoms with Gasteiger partial charge in [0.1, 0.15) is 5.69 Å². The number of anilines is 3. The first-order valence-electron chi connectivity index (χ1n) is 6.77. The Balaban J connectivity index is 1.65. The van der Waals surface area contributed by atoms with Gasteiger partial charge >= 0.3 is 0 Å². The Morgan fingerprint density at radius 1 is 1.05 bits per heavy atom. The molecule has 2 aliphatic heterocycles. The normalized spacial score (nSPS) is 16.7. The highest BCUT2D eigenvalue weighted by atomic mass is 16.5. The highest BCUT2D eigenvalue weighted by Crippen LogP contribution is 2.40. The van der Waals surface area contributed by atoms with E-state index in [0.717, 1.165) is 49.1 Å². The zero-order valence-electron chi connectivity index (χ0n) is 11.0. The molecule has 1 fully saturated rings. The van der Waals surface area contributed by atoms with E-state index in [1.807, 2.05) is 30.3 Å². The number of piperazine rings is 1. The van der Waals surface area contributed by atoms with Crippen LogP contribution in [0.3, 0.4) is 0 Å². The van der Waals surface area contributed by atoms with Crippen molar-refractivity contribution in [3.63, 3.8) is 0 Å². The Kier molecular flexibility index (Phi) is 2.67. The molecule has 0 saturated carbocycles. The first-order chi connectivity index (χ1) is 9.90. The maximum absolute atomic E-state index is 5.75.